The van der Waals surface area contributed by atoms with Gasteiger partial charge in [0.15, 0.2) is 0 Å². The van der Waals surface area contributed by atoms with Gasteiger partial charge < -0.3 is 20.1 Å². The number of carbonyl (C=O) groups excluding carboxylic acids is 1. The zero-order valence-corrected chi connectivity index (χ0v) is 21.0. The maximum absolute atomic E-state index is 13.6. The second-order valence-corrected chi connectivity index (χ2v) is 8.67. The van der Waals surface area contributed by atoms with Crippen LogP contribution >= 0.6 is 11.6 Å². The average molecular weight is 535 g/mol. The number of nitrogens with zero attached hydrogens (tertiary/aromatic N) is 1. The number of amides is 2. The van der Waals surface area contributed by atoms with Crippen LogP contribution in [0.2, 0.25) is 5.02 Å². The minimum absolute atomic E-state index is 0.0517. The Labute approximate surface area is 217 Å². The molecule has 3 aromatic carbocycles. The molecule has 0 bridgehead atoms. The number of carbonyl (C=O) groups is 2. The number of methoxy groups -OCH3 is 1. The molecule has 6 nitrogen and oxygen atoms in total. The van der Waals surface area contributed by atoms with Gasteiger partial charge in [0, 0.05) is 30.2 Å². The van der Waals surface area contributed by atoms with Crippen LogP contribution in [0.5, 0.6) is 5.75 Å². The molecule has 0 spiro atoms. The van der Waals surface area contributed by atoms with Gasteiger partial charge in [-0.2, -0.15) is 13.2 Å². The highest BCUT2D eigenvalue weighted by molar-refractivity contribution is 6.30. The molecule has 0 aliphatic rings. The van der Waals surface area contributed by atoms with E-state index >= 15 is 0 Å². The topological polar surface area (TPSA) is 78.9 Å². The molecular formula is C27H26ClF3N2O4. The van der Waals surface area contributed by atoms with Crippen LogP contribution in [0, 0.1) is 0 Å². The summed E-state index contributed by atoms with van der Waals surface area (Å²) in [6, 6.07) is 15.7. The van der Waals surface area contributed by atoms with Gasteiger partial charge in [-0.3, -0.25) is 4.79 Å². The van der Waals surface area contributed by atoms with Crippen LogP contribution < -0.4 is 10.1 Å². The maximum Gasteiger partial charge on any atom is 0.416 e. The van der Waals surface area contributed by atoms with Gasteiger partial charge >= 0.3 is 18.2 Å². The van der Waals surface area contributed by atoms with E-state index in [0.717, 1.165) is 11.6 Å². The number of ether oxygens (including phenoxy) is 1. The highest BCUT2D eigenvalue weighted by Gasteiger charge is 2.35. The number of carboxylic acid groups (broad SMARTS) is 1. The van der Waals surface area contributed by atoms with Crippen molar-refractivity contribution in [1.82, 2.24) is 10.2 Å². The summed E-state index contributed by atoms with van der Waals surface area (Å²) in [6.07, 6.45) is -5.56. The molecule has 0 heterocycles. The van der Waals surface area contributed by atoms with Crippen LogP contribution in [0.15, 0.2) is 60.7 Å². The quantitative estimate of drug-likeness (QED) is 0.333. The molecule has 0 unspecified atom stereocenters. The van der Waals surface area contributed by atoms with Crippen molar-refractivity contribution in [3.8, 4) is 16.9 Å². The van der Waals surface area contributed by atoms with E-state index in [-0.39, 0.29) is 23.9 Å². The van der Waals surface area contributed by atoms with E-state index < -0.39 is 24.1 Å². The molecule has 10 heteroatoms. The molecule has 2 N–H and O–H groups in total. The summed E-state index contributed by atoms with van der Waals surface area (Å²) in [5.41, 5.74) is 0.923. The Hall–Kier alpha value is -3.72. The van der Waals surface area contributed by atoms with E-state index in [1.807, 2.05) is 6.92 Å². The largest absolute Gasteiger partial charge is 0.496 e. The fourth-order valence-corrected chi connectivity index (χ4v) is 4.05. The van der Waals surface area contributed by atoms with Crippen molar-refractivity contribution < 1.29 is 32.6 Å². The van der Waals surface area contributed by atoms with Crippen molar-refractivity contribution in [2.24, 2.45) is 0 Å². The molecule has 0 fully saturated rings. The van der Waals surface area contributed by atoms with Gasteiger partial charge in [-0.05, 0) is 53.4 Å². The number of aliphatic carboxylic acids is 1. The smallest absolute Gasteiger partial charge is 0.416 e. The summed E-state index contributed by atoms with van der Waals surface area (Å²) >= 11 is 5.90. The minimum atomic E-state index is -4.75. The van der Waals surface area contributed by atoms with Crippen molar-refractivity contribution in [1.29, 1.82) is 0 Å². The number of hydrogen-bond donors (Lipinski definition) is 2. The molecule has 0 aliphatic carbocycles. The van der Waals surface area contributed by atoms with Crippen LogP contribution in [0.4, 0.5) is 18.0 Å². The number of benzene rings is 3. The predicted octanol–water partition coefficient (Wildman–Crippen LogP) is 6.39. The molecule has 2 amide bonds. The van der Waals surface area contributed by atoms with Crippen LogP contribution in [0.25, 0.3) is 11.1 Å². The van der Waals surface area contributed by atoms with Crippen LogP contribution in [-0.2, 0) is 30.5 Å². The Morgan fingerprint density at radius 1 is 1.03 bits per heavy atom. The third kappa shape index (κ3) is 7.16. The van der Waals surface area contributed by atoms with E-state index in [9.17, 15) is 27.9 Å². The monoisotopic (exact) mass is 534 g/mol. The Kier molecular flexibility index (Phi) is 9.04. The van der Waals surface area contributed by atoms with Crippen LogP contribution in [0.1, 0.15) is 29.2 Å². The van der Waals surface area contributed by atoms with E-state index in [0.29, 0.717) is 34.8 Å². The van der Waals surface area contributed by atoms with Crippen LogP contribution in [-0.4, -0.2) is 35.7 Å². The molecule has 3 rings (SSSR count). The third-order valence-electron chi connectivity index (χ3n) is 5.77. The van der Waals surface area contributed by atoms with E-state index in [1.165, 1.54) is 13.2 Å². The van der Waals surface area contributed by atoms with Gasteiger partial charge in [-0.1, -0.05) is 48.0 Å². The number of alkyl halides is 3. The molecule has 0 aliphatic heterocycles. The summed E-state index contributed by atoms with van der Waals surface area (Å²) in [5.74, 6) is -1.44. The molecule has 0 saturated heterocycles. The van der Waals surface area contributed by atoms with E-state index in [2.05, 4.69) is 5.32 Å². The fourth-order valence-electron chi connectivity index (χ4n) is 3.92. The maximum atomic E-state index is 13.6. The van der Waals surface area contributed by atoms with Crippen LogP contribution in [0.3, 0.4) is 0 Å². The zero-order chi connectivity index (χ0) is 27.2. The standard InChI is InChI=1S/C27H26ClF3N2O4/c1-3-33(26(36)32-15-17-8-10-20(28)11-9-17)16-18-6-4-5-7-21(18)22-12-19(13-25(34)35)23(27(29,30)31)14-24(22)37-2/h4-12,14H,3,13,15-16H2,1-2H3,(H,32,36)(H,34,35). The van der Waals surface area contributed by atoms with Crippen molar-refractivity contribution in [2.75, 3.05) is 13.7 Å². The van der Waals surface area contributed by atoms with Crippen molar-refractivity contribution in [3.63, 3.8) is 0 Å². The van der Waals surface area contributed by atoms with Gasteiger partial charge in [0.25, 0.3) is 0 Å². The average Bonchev–Trinajstić information content (AvgIpc) is 2.85. The number of urea groups is 1. The first-order valence-corrected chi connectivity index (χ1v) is 11.8. The number of nitrogens with one attached hydrogen (secondary N) is 1. The van der Waals surface area contributed by atoms with Crippen molar-refractivity contribution in [3.05, 3.63) is 87.9 Å². The minimum Gasteiger partial charge on any atom is -0.496 e. The Morgan fingerprint density at radius 3 is 2.30 bits per heavy atom. The highest BCUT2D eigenvalue weighted by atomic mass is 35.5. The first-order valence-electron chi connectivity index (χ1n) is 11.4. The van der Waals surface area contributed by atoms with Gasteiger partial charge in [0.05, 0.1) is 19.1 Å². The highest BCUT2D eigenvalue weighted by Crippen LogP contribution is 2.41. The molecule has 0 radical (unpaired) electrons. The second-order valence-electron chi connectivity index (χ2n) is 8.23. The second kappa shape index (κ2) is 12.0. The van der Waals surface area contributed by atoms with Gasteiger partial charge in [0.2, 0.25) is 0 Å². The van der Waals surface area contributed by atoms with Gasteiger partial charge in [0.1, 0.15) is 5.75 Å². The summed E-state index contributed by atoms with van der Waals surface area (Å²) in [6.45, 7) is 2.64. The Balaban J connectivity index is 1.94. The summed E-state index contributed by atoms with van der Waals surface area (Å²) in [4.78, 5) is 25.8. The number of hydrogen-bond acceptors (Lipinski definition) is 3. The zero-order valence-electron chi connectivity index (χ0n) is 20.2. The molecule has 0 saturated carbocycles. The van der Waals surface area contributed by atoms with Crippen molar-refractivity contribution >= 4 is 23.6 Å². The van der Waals surface area contributed by atoms with Crippen molar-refractivity contribution in [2.45, 2.75) is 32.6 Å². The summed E-state index contributed by atoms with van der Waals surface area (Å²) in [7, 11) is 1.25. The van der Waals surface area contributed by atoms with Gasteiger partial charge in [-0.25, -0.2) is 4.79 Å². The lowest BCUT2D eigenvalue weighted by molar-refractivity contribution is -0.139. The molecule has 196 valence electrons. The lowest BCUT2D eigenvalue weighted by atomic mass is 9.93. The normalized spacial score (nSPS) is 11.2. The molecular weight excluding hydrogens is 509 g/mol. The fraction of sp³-hybridized carbons (Fsp3) is 0.259. The number of rotatable bonds is 9. The summed E-state index contributed by atoms with van der Waals surface area (Å²) < 4.78 is 46.2. The first-order chi connectivity index (χ1) is 17.5. The Bertz CT molecular complexity index is 1260. The third-order valence-corrected chi connectivity index (χ3v) is 6.02. The molecule has 37 heavy (non-hydrogen) atoms. The predicted molar refractivity (Wildman–Crippen MR) is 135 cm³/mol. The van der Waals surface area contributed by atoms with E-state index in [4.69, 9.17) is 16.3 Å². The Morgan fingerprint density at radius 2 is 1.70 bits per heavy atom. The lowest BCUT2D eigenvalue weighted by Gasteiger charge is -2.24. The lowest BCUT2D eigenvalue weighted by Crippen LogP contribution is -2.39. The SMILES string of the molecule is CCN(Cc1ccccc1-c1cc(CC(=O)O)c(C(F)(F)F)cc1OC)C(=O)NCc1ccc(Cl)cc1. The number of halogens is 4. The summed E-state index contributed by atoms with van der Waals surface area (Å²) in [5, 5.41) is 12.6. The molecule has 0 atom stereocenters. The number of carboxylic acids is 1. The van der Waals surface area contributed by atoms with E-state index in [1.54, 1.807) is 53.4 Å². The van der Waals surface area contributed by atoms with Gasteiger partial charge in [-0.15, -0.1) is 0 Å². The molecule has 3 aromatic rings. The molecule has 0 aromatic heterocycles. The first kappa shape index (κ1) is 27.9.